The molecule has 0 saturated heterocycles. The molecule has 4 N–H and O–H groups in total. The molecule has 0 spiro atoms. The SMILES string of the molecule is NCC1CCCC1NC(=O)c1ccc(Cl)cc1O. The molecule has 1 aliphatic rings. The van der Waals surface area contributed by atoms with E-state index in [2.05, 4.69) is 5.32 Å². The predicted molar refractivity (Wildman–Crippen MR) is 70.8 cm³/mol. The van der Waals surface area contributed by atoms with Gasteiger partial charge < -0.3 is 16.2 Å². The van der Waals surface area contributed by atoms with Crippen molar-refractivity contribution in [2.24, 2.45) is 11.7 Å². The summed E-state index contributed by atoms with van der Waals surface area (Å²) in [4.78, 5) is 12.0. The average molecular weight is 269 g/mol. The van der Waals surface area contributed by atoms with Gasteiger partial charge in [-0.1, -0.05) is 18.0 Å². The van der Waals surface area contributed by atoms with Crippen LogP contribution >= 0.6 is 11.6 Å². The Bertz CT molecular complexity index is 451. The number of hydrogen-bond donors (Lipinski definition) is 3. The van der Waals surface area contributed by atoms with Gasteiger partial charge in [-0.05, 0) is 43.5 Å². The highest BCUT2D eigenvalue weighted by atomic mass is 35.5. The smallest absolute Gasteiger partial charge is 0.255 e. The van der Waals surface area contributed by atoms with Gasteiger partial charge in [0.2, 0.25) is 0 Å². The zero-order valence-electron chi connectivity index (χ0n) is 10.0. The van der Waals surface area contributed by atoms with Crippen LogP contribution in [0.2, 0.25) is 5.02 Å². The molecule has 5 heteroatoms. The quantitative estimate of drug-likeness (QED) is 0.784. The zero-order chi connectivity index (χ0) is 13.1. The van der Waals surface area contributed by atoms with Crippen molar-refractivity contribution in [1.29, 1.82) is 0 Å². The van der Waals surface area contributed by atoms with Gasteiger partial charge in [0, 0.05) is 11.1 Å². The van der Waals surface area contributed by atoms with Crippen LogP contribution in [0.5, 0.6) is 5.75 Å². The van der Waals surface area contributed by atoms with Crippen molar-refractivity contribution in [3.05, 3.63) is 28.8 Å². The molecule has 2 rings (SSSR count). The third-order valence-corrected chi connectivity index (χ3v) is 3.72. The number of phenols is 1. The van der Waals surface area contributed by atoms with E-state index < -0.39 is 0 Å². The van der Waals surface area contributed by atoms with E-state index in [0.717, 1.165) is 19.3 Å². The minimum Gasteiger partial charge on any atom is -0.507 e. The number of benzene rings is 1. The first-order valence-electron chi connectivity index (χ1n) is 6.11. The lowest BCUT2D eigenvalue weighted by molar-refractivity contribution is 0.0926. The Morgan fingerprint density at radius 3 is 2.94 bits per heavy atom. The van der Waals surface area contributed by atoms with Crippen molar-refractivity contribution in [2.75, 3.05) is 6.54 Å². The van der Waals surface area contributed by atoms with Crippen molar-refractivity contribution < 1.29 is 9.90 Å². The molecule has 0 heterocycles. The largest absolute Gasteiger partial charge is 0.507 e. The van der Waals surface area contributed by atoms with Gasteiger partial charge in [0.05, 0.1) is 5.56 Å². The molecule has 0 aromatic heterocycles. The number of carbonyl (C=O) groups excluding carboxylic acids is 1. The second kappa shape index (κ2) is 5.59. The van der Waals surface area contributed by atoms with Gasteiger partial charge in [-0.3, -0.25) is 4.79 Å². The number of nitrogens with two attached hydrogens (primary N) is 1. The highest BCUT2D eigenvalue weighted by Crippen LogP contribution is 2.26. The molecular formula is C13H17ClN2O2. The van der Waals surface area contributed by atoms with Crippen LogP contribution in [0.4, 0.5) is 0 Å². The number of aromatic hydroxyl groups is 1. The number of amides is 1. The lowest BCUT2D eigenvalue weighted by Crippen LogP contribution is -2.39. The Kier molecular flexibility index (Phi) is 4.09. The second-order valence-electron chi connectivity index (χ2n) is 4.67. The normalized spacial score (nSPS) is 23.0. The summed E-state index contributed by atoms with van der Waals surface area (Å²) < 4.78 is 0. The maximum absolute atomic E-state index is 12.0. The van der Waals surface area contributed by atoms with E-state index in [1.165, 1.54) is 12.1 Å². The van der Waals surface area contributed by atoms with Gasteiger partial charge >= 0.3 is 0 Å². The van der Waals surface area contributed by atoms with E-state index in [1.807, 2.05) is 0 Å². The first kappa shape index (κ1) is 13.2. The second-order valence-corrected chi connectivity index (χ2v) is 5.10. The summed E-state index contributed by atoms with van der Waals surface area (Å²) >= 11 is 5.73. The fraction of sp³-hybridized carbons (Fsp3) is 0.462. The molecule has 1 aromatic rings. The number of carbonyl (C=O) groups is 1. The number of halogens is 1. The zero-order valence-corrected chi connectivity index (χ0v) is 10.8. The summed E-state index contributed by atoms with van der Waals surface area (Å²) in [6.45, 7) is 0.581. The summed E-state index contributed by atoms with van der Waals surface area (Å²) in [6.07, 6.45) is 3.08. The van der Waals surface area contributed by atoms with E-state index in [4.69, 9.17) is 17.3 Å². The molecule has 1 saturated carbocycles. The van der Waals surface area contributed by atoms with Gasteiger partial charge in [-0.2, -0.15) is 0 Å². The molecule has 0 bridgehead atoms. The number of phenolic OH excluding ortho intramolecular Hbond substituents is 1. The molecule has 98 valence electrons. The predicted octanol–water partition coefficient (Wildman–Crippen LogP) is 1.90. The van der Waals surface area contributed by atoms with E-state index in [-0.39, 0.29) is 23.3 Å². The lowest BCUT2D eigenvalue weighted by atomic mass is 10.0. The maximum Gasteiger partial charge on any atom is 0.255 e. The average Bonchev–Trinajstić information content (AvgIpc) is 2.76. The van der Waals surface area contributed by atoms with Crippen LogP contribution in [0, 0.1) is 5.92 Å². The minimum atomic E-state index is -0.269. The van der Waals surface area contributed by atoms with Crippen molar-refractivity contribution in [3.8, 4) is 5.75 Å². The first-order valence-corrected chi connectivity index (χ1v) is 6.49. The molecule has 0 aliphatic heterocycles. The first-order chi connectivity index (χ1) is 8.61. The summed E-state index contributed by atoms with van der Waals surface area (Å²) in [5, 5.41) is 13.0. The van der Waals surface area contributed by atoms with Crippen molar-refractivity contribution in [3.63, 3.8) is 0 Å². The van der Waals surface area contributed by atoms with E-state index in [9.17, 15) is 9.90 Å². The van der Waals surface area contributed by atoms with Crippen LogP contribution in [-0.4, -0.2) is 23.6 Å². The van der Waals surface area contributed by atoms with Crippen molar-refractivity contribution in [1.82, 2.24) is 5.32 Å². The van der Waals surface area contributed by atoms with Crippen molar-refractivity contribution >= 4 is 17.5 Å². The number of rotatable bonds is 3. The minimum absolute atomic E-state index is 0.0951. The topological polar surface area (TPSA) is 75.3 Å². The lowest BCUT2D eigenvalue weighted by Gasteiger charge is -2.19. The van der Waals surface area contributed by atoms with Crippen LogP contribution in [0.15, 0.2) is 18.2 Å². The van der Waals surface area contributed by atoms with Crippen LogP contribution < -0.4 is 11.1 Å². The Morgan fingerprint density at radius 2 is 2.28 bits per heavy atom. The monoisotopic (exact) mass is 268 g/mol. The van der Waals surface area contributed by atoms with E-state index in [0.29, 0.717) is 17.5 Å². The molecule has 2 atom stereocenters. The molecular weight excluding hydrogens is 252 g/mol. The van der Waals surface area contributed by atoms with Gasteiger partial charge in [0.1, 0.15) is 5.75 Å². The van der Waals surface area contributed by atoms with E-state index in [1.54, 1.807) is 6.07 Å². The Morgan fingerprint density at radius 1 is 1.50 bits per heavy atom. The molecule has 2 unspecified atom stereocenters. The van der Waals surface area contributed by atoms with Gasteiger partial charge in [-0.15, -0.1) is 0 Å². The summed E-state index contributed by atoms with van der Waals surface area (Å²) in [5.41, 5.74) is 5.92. The van der Waals surface area contributed by atoms with Crippen molar-refractivity contribution in [2.45, 2.75) is 25.3 Å². The Labute approximate surface area is 111 Å². The third kappa shape index (κ3) is 2.76. The molecule has 18 heavy (non-hydrogen) atoms. The number of hydrogen-bond acceptors (Lipinski definition) is 3. The van der Waals surface area contributed by atoms with E-state index >= 15 is 0 Å². The van der Waals surface area contributed by atoms with Gasteiger partial charge in [0.15, 0.2) is 0 Å². The molecule has 1 aromatic carbocycles. The maximum atomic E-state index is 12.0. The molecule has 1 aliphatic carbocycles. The molecule has 1 fully saturated rings. The summed E-state index contributed by atoms with van der Waals surface area (Å²) in [6, 6.07) is 4.59. The molecule has 4 nitrogen and oxygen atoms in total. The highest BCUT2D eigenvalue weighted by Gasteiger charge is 2.28. The summed E-state index contributed by atoms with van der Waals surface area (Å²) in [7, 11) is 0. The van der Waals surface area contributed by atoms with Crippen LogP contribution in [-0.2, 0) is 0 Å². The fourth-order valence-corrected chi connectivity index (χ4v) is 2.62. The van der Waals surface area contributed by atoms with Crippen LogP contribution in [0.1, 0.15) is 29.6 Å². The molecule has 1 amide bonds. The van der Waals surface area contributed by atoms with Gasteiger partial charge in [0.25, 0.3) is 5.91 Å². The van der Waals surface area contributed by atoms with Gasteiger partial charge in [-0.25, -0.2) is 0 Å². The standard InChI is InChI=1S/C13H17ClN2O2/c14-9-4-5-10(12(17)6-9)13(18)16-11-3-1-2-8(11)7-15/h4-6,8,11,17H,1-3,7,15H2,(H,16,18). The highest BCUT2D eigenvalue weighted by molar-refractivity contribution is 6.30. The third-order valence-electron chi connectivity index (χ3n) is 3.48. The molecule has 0 radical (unpaired) electrons. The Hall–Kier alpha value is -1.26. The Balaban J connectivity index is 2.07. The number of nitrogens with one attached hydrogen (secondary N) is 1. The van der Waals surface area contributed by atoms with Crippen LogP contribution in [0.25, 0.3) is 0 Å². The summed E-state index contributed by atoms with van der Waals surface area (Å²) in [5.74, 6) is -0.0276. The van der Waals surface area contributed by atoms with Crippen LogP contribution in [0.3, 0.4) is 0 Å². The fourth-order valence-electron chi connectivity index (χ4n) is 2.45.